The lowest BCUT2D eigenvalue weighted by molar-refractivity contribution is -0.0543. The Hall–Kier alpha value is -2.02. The summed E-state index contributed by atoms with van der Waals surface area (Å²) in [4.78, 5) is 10.4. The first kappa shape index (κ1) is 15.5. The van der Waals surface area contributed by atoms with Crippen LogP contribution in [0, 0.1) is 0 Å². The summed E-state index contributed by atoms with van der Waals surface area (Å²) in [6, 6.07) is 12.0. The van der Waals surface area contributed by atoms with Gasteiger partial charge in [-0.3, -0.25) is 0 Å². The Balaban J connectivity index is 1.68. The quantitative estimate of drug-likeness (QED) is 0.762. The molecule has 0 spiro atoms. The van der Waals surface area contributed by atoms with E-state index < -0.39 is 5.60 Å². The molecule has 0 amide bonds. The molecule has 3 heterocycles. The molecule has 0 atom stereocenters. The van der Waals surface area contributed by atoms with Gasteiger partial charge in [0.1, 0.15) is 5.82 Å². The molecule has 0 bridgehead atoms. The van der Waals surface area contributed by atoms with Gasteiger partial charge >= 0.3 is 0 Å². The summed E-state index contributed by atoms with van der Waals surface area (Å²) in [6.45, 7) is 1.66. The first-order chi connectivity index (χ1) is 11.7. The van der Waals surface area contributed by atoms with Crippen molar-refractivity contribution in [3.05, 3.63) is 41.8 Å². The second-order valence-electron chi connectivity index (χ2n) is 6.08. The zero-order valence-electron chi connectivity index (χ0n) is 13.2. The Morgan fingerprint density at radius 2 is 1.96 bits per heavy atom. The topological polar surface area (TPSA) is 67.3 Å². The van der Waals surface area contributed by atoms with E-state index in [1.54, 1.807) is 11.3 Å². The number of ether oxygens (including phenoxy) is 1. The molecule has 2 aromatic heterocycles. The van der Waals surface area contributed by atoms with E-state index in [0.717, 1.165) is 21.6 Å². The lowest BCUT2D eigenvalue weighted by Crippen LogP contribution is -2.42. The van der Waals surface area contributed by atoms with Gasteiger partial charge in [-0.15, -0.1) is 11.3 Å². The van der Waals surface area contributed by atoms with E-state index in [1.807, 2.05) is 41.8 Å². The Morgan fingerprint density at radius 1 is 1.12 bits per heavy atom. The number of aliphatic hydroxyl groups is 1. The minimum Gasteiger partial charge on any atom is -0.388 e. The van der Waals surface area contributed by atoms with Crippen LogP contribution < -0.4 is 5.32 Å². The van der Waals surface area contributed by atoms with Crippen molar-refractivity contribution in [1.82, 2.24) is 9.97 Å². The number of thiophene rings is 1. The van der Waals surface area contributed by atoms with Gasteiger partial charge in [-0.25, -0.2) is 9.97 Å². The van der Waals surface area contributed by atoms with Crippen molar-refractivity contribution in [2.45, 2.75) is 18.4 Å². The molecule has 1 aliphatic heterocycles. The third kappa shape index (κ3) is 3.13. The number of nitrogens with one attached hydrogen (secondary N) is 1. The van der Waals surface area contributed by atoms with Gasteiger partial charge in [0.05, 0.1) is 16.0 Å². The smallest absolute Gasteiger partial charge is 0.172 e. The number of hydrogen-bond donors (Lipinski definition) is 2. The van der Waals surface area contributed by atoms with Gasteiger partial charge in [-0.2, -0.15) is 0 Å². The van der Waals surface area contributed by atoms with Crippen LogP contribution in [0.1, 0.15) is 12.8 Å². The molecule has 4 rings (SSSR count). The summed E-state index contributed by atoms with van der Waals surface area (Å²) in [6.07, 6.45) is 1.28. The summed E-state index contributed by atoms with van der Waals surface area (Å²) in [7, 11) is 0. The van der Waals surface area contributed by atoms with Gasteiger partial charge in [0.15, 0.2) is 5.82 Å². The highest BCUT2D eigenvalue weighted by Gasteiger charge is 2.29. The molecule has 0 aliphatic carbocycles. The number of nitrogens with zero attached hydrogens (tertiary/aromatic N) is 2. The van der Waals surface area contributed by atoms with Crippen LogP contribution in [0.3, 0.4) is 0 Å². The summed E-state index contributed by atoms with van der Waals surface area (Å²) < 4.78 is 5.34. The van der Waals surface area contributed by atoms with E-state index in [0.29, 0.717) is 38.4 Å². The molecule has 24 heavy (non-hydrogen) atoms. The summed E-state index contributed by atoms with van der Waals surface area (Å²) in [5, 5.41) is 17.0. The van der Waals surface area contributed by atoms with E-state index in [2.05, 4.69) is 10.3 Å². The first-order valence-electron chi connectivity index (χ1n) is 8.08. The van der Waals surface area contributed by atoms with Gasteiger partial charge in [0.25, 0.3) is 0 Å². The number of para-hydroxylation sites is 1. The lowest BCUT2D eigenvalue weighted by Gasteiger charge is -2.32. The van der Waals surface area contributed by atoms with Gasteiger partial charge in [0, 0.05) is 38.0 Å². The van der Waals surface area contributed by atoms with Gasteiger partial charge < -0.3 is 15.2 Å². The molecule has 1 saturated heterocycles. The van der Waals surface area contributed by atoms with E-state index in [-0.39, 0.29) is 0 Å². The minimum atomic E-state index is -0.743. The highest BCUT2D eigenvalue weighted by Crippen LogP contribution is 2.28. The summed E-state index contributed by atoms with van der Waals surface area (Å²) >= 11 is 1.62. The normalized spacial score (nSPS) is 17.0. The zero-order chi connectivity index (χ0) is 16.4. The Labute approximate surface area is 144 Å². The molecule has 1 aromatic carbocycles. The van der Waals surface area contributed by atoms with Crippen molar-refractivity contribution >= 4 is 28.1 Å². The van der Waals surface area contributed by atoms with Crippen LogP contribution in [-0.4, -0.2) is 40.4 Å². The zero-order valence-corrected chi connectivity index (χ0v) is 14.1. The maximum Gasteiger partial charge on any atom is 0.172 e. The van der Waals surface area contributed by atoms with Gasteiger partial charge in [-0.05, 0) is 23.6 Å². The molecule has 124 valence electrons. The molecular formula is C18H19N3O2S. The molecule has 1 aliphatic rings. The Bertz CT molecular complexity index is 829. The lowest BCUT2D eigenvalue weighted by atomic mass is 9.94. The second kappa shape index (κ2) is 6.47. The fourth-order valence-corrected chi connectivity index (χ4v) is 3.56. The van der Waals surface area contributed by atoms with Crippen LogP contribution in [0.5, 0.6) is 0 Å². The van der Waals surface area contributed by atoms with E-state index in [4.69, 9.17) is 9.72 Å². The van der Waals surface area contributed by atoms with Crippen molar-refractivity contribution < 1.29 is 9.84 Å². The largest absolute Gasteiger partial charge is 0.388 e. The second-order valence-corrected chi connectivity index (χ2v) is 7.03. The highest BCUT2D eigenvalue weighted by atomic mass is 32.1. The number of aromatic nitrogens is 2. The standard InChI is InChI=1S/C18H19N3O2S/c22-18(7-9-23-10-8-18)12-19-16-13-4-1-2-5-14(13)20-17(21-16)15-6-3-11-24-15/h1-6,11,22H,7-10,12H2,(H,19,20,21). The third-order valence-electron chi connectivity index (χ3n) is 4.35. The fraction of sp³-hybridized carbons (Fsp3) is 0.333. The van der Waals surface area contributed by atoms with Crippen molar-refractivity contribution in [3.63, 3.8) is 0 Å². The minimum absolute atomic E-state index is 0.460. The van der Waals surface area contributed by atoms with Crippen LogP contribution in [0.25, 0.3) is 21.6 Å². The SMILES string of the molecule is OC1(CNc2nc(-c3cccs3)nc3ccccc23)CCOCC1. The van der Waals surface area contributed by atoms with Crippen molar-refractivity contribution in [1.29, 1.82) is 0 Å². The average molecular weight is 341 g/mol. The molecular weight excluding hydrogens is 322 g/mol. The van der Waals surface area contributed by atoms with Crippen molar-refractivity contribution in [2.24, 2.45) is 0 Å². The van der Waals surface area contributed by atoms with E-state index >= 15 is 0 Å². The molecule has 5 nitrogen and oxygen atoms in total. The molecule has 1 fully saturated rings. The number of hydrogen-bond acceptors (Lipinski definition) is 6. The maximum absolute atomic E-state index is 10.7. The summed E-state index contributed by atoms with van der Waals surface area (Å²) in [5.74, 6) is 1.48. The van der Waals surface area contributed by atoms with Crippen LogP contribution in [-0.2, 0) is 4.74 Å². The predicted molar refractivity (Wildman–Crippen MR) is 96.3 cm³/mol. The molecule has 0 saturated carbocycles. The summed E-state index contributed by atoms with van der Waals surface area (Å²) in [5.41, 5.74) is 0.158. The van der Waals surface area contributed by atoms with Crippen molar-refractivity contribution in [2.75, 3.05) is 25.1 Å². The molecule has 2 N–H and O–H groups in total. The van der Waals surface area contributed by atoms with Gasteiger partial charge in [-0.1, -0.05) is 18.2 Å². The van der Waals surface area contributed by atoms with E-state index in [1.165, 1.54) is 0 Å². The van der Waals surface area contributed by atoms with Crippen LogP contribution in [0.2, 0.25) is 0 Å². The molecule has 0 radical (unpaired) electrons. The van der Waals surface area contributed by atoms with Crippen molar-refractivity contribution in [3.8, 4) is 10.7 Å². The fourth-order valence-electron chi connectivity index (χ4n) is 2.90. The molecule has 3 aromatic rings. The van der Waals surface area contributed by atoms with Crippen LogP contribution >= 0.6 is 11.3 Å². The van der Waals surface area contributed by atoms with Gasteiger partial charge in [0.2, 0.25) is 0 Å². The maximum atomic E-state index is 10.7. The third-order valence-corrected chi connectivity index (χ3v) is 5.22. The highest BCUT2D eigenvalue weighted by molar-refractivity contribution is 7.13. The van der Waals surface area contributed by atoms with E-state index in [9.17, 15) is 5.11 Å². The molecule has 0 unspecified atom stereocenters. The first-order valence-corrected chi connectivity index (χ1v) is 8.96. The number of anilines is 1. The average Bonchev–Trinajstić information content (AvgIpc) is 3.15. The number of rotatable bonds is 4. The van der Waals surface area contributed by atoms with Crippen LogP contribution in [0.15, 0.2) is 41.8 Å². The Morgan fingerprint density at radius 3 is 2.75 bits per heavy atom. The molecule has 6 heteroatoms. The number of fused-ring (bicyclic) bond motifs is 1. The van der Waals surface area contributed by atoms with Crippen LogP contribution in [0.4, 0.5) is 5.82 Å². The predicted octanol–water partition coefficient (Wildman–Crippen LogP) is 3.31. The number of benzene rings is 1. The monoisotopic (exact) mass is 341 g/mol. The Kier molecular flexibility index (Phi) is 4.18.